The standard InChI is InChI=1S/C26H20O2/c1-18-15-21(13-14-25(18)26(27)28)24-12-11-22-16-20(9-10-23(22)17-24)8-7-19-5-3-2-4-6-19/h2-17H,1H3,(H,27,28). The second-order valence-electron chi connectivity index (χ2n) is 6.90. The summed E-state index contributed by atoms with van der Waals surface area (Å²) in [5, 5.41) is 11.5. The molecule has 28 heavy (non-hydrogen) atoms. The lowest BCUT2D eigenvalue weighted by molar-refractivity contribution is 0.0696. The molecule has 0 aliphatic rings. The number of carboxylic acids is 1. The van der Waals surface area contributed by atoms with Gasteiger partial charge in [0.2, 0.25) is 0 Å². The minimum absolute atomic E-state index is 0.347. The Morgan fingerprint density at radius 2 is 1.36 bits per heavy atom. The summed E-state index contributed by atoms with van der Waals surface area (Å²) >= 11 is 0. The molecule has 0 fully saturated rings. The highest BCUT2D eigenvalue weighted by Gasteiger charge is 2.08. The van der Waals surface area contributed by atoms with Crippen LogP contribution in [0.15, 0.2) is 84.9 Å². The SMILES string of the molecule is Cc1cc(-c2ccc3cc(C=Cc4ccccc4)ccc3c2)ccc1C(=O)O. The van der Waals surface area contributed by atoms with Crippen LogP contribution in [0.5, 0.6) is 0 Å². The van der Waals surface area contributed by atoms with E-state index in [1.54, 1.807) is 6.07 Å². The van der Waals surface area contributed by atoms with E-state index in [9.17, 15) is 9.90 Å². The van der Waals surface area contributed by atoms with E-state index in [0.29, 0.717) is 5.56 Å². The summed E-state index contributed by atoms with van der Waals surface area (Å²) in [6, 6.07) is 28.5. The topological polar surface area (TPSA) is 37.3 Å². The highest BCUT2D eigenvalue weighted by atomic mass is 16.4. The molecular weight excluding hydrogens is 344 g/mol. The molecule has 4 aromatic carbocycles. The first-order valence-corrected chi connectivity index (χ1v) is 9.21. The molecule has 2 heteroatoms. The highest BCUT2D eigenvalue weighted by Crippen LogP contribution is 2.27. The second kappa shape index (κ2) is 7.53. The summed E-state index contributed by atoms with van der Waals surface area (Å²) < 4.78 is 0. The molecule has 4 aromatic rings. The Balaban J connectivity index is 1.64. The van der Waals surface area contributed by atoms with Crippen molar-refractivity contribution in [3.8, 4) is 11.1 Å². The monoisotopic (exact) mass is 364 g/mol. The van der Waals surface area contributed by atoms with Crippen LogP contribution in [-0.2, 0) is 0 Å². The summed E-state index contributed by atoms with van der Waals surface area (Å²) in [4.78, 5) is 11.2. The predicted octanol–water partition coefficient (Wildman–Crippen LogP) is 6.68. The largest absolute Gasteiger partial charge is 0.478 e. The third-order valence-corrected chi connectivity index (χ3v) is 4.92. The van der Waals surface area contributed by atoms with Crippen LogP contribution < -0.4 is 0 Å². The molecular formula is C26H20O2. The van der Waals surface area contributed by atoms with Crippen molar-refractivity contribution in [1.29, 1.82) is 0 Å². The van der Waals surface area contributed by atoms with Gasteiger partial charge in [0.15, 0.2) is 0 Å². The second-order valence-corrected chi connectivity index (χ2v) is 6.90. The lowest BCUT2D eigenvalue weighted by Crippen LogP contribution is -1.99. The minimum Gasteiger partial charge on any atom is -0.478 e. The zero-order valence-electron chi connectivity index (χ0n) is 15.6. The van der Waals surface area contributed by atoms with E-state index in [1.807, 2.05) is 37.3 Å². The van der Waals surface area contributed by atoms with Crippen LogP contribution >= 0.6 is 0 Å². The fourth-order valence-corrected chi connectivity index (χ4v) is 3.39. The summed E-state index contributed by atoms with van der Waals surface area (Å²) in [5.41, 5.74) is 5.56. The number of aromatic carboxylic acids is 1. The normalized spacial score (nSPS) is 11.2. The van der Waals surface area contributed by atoms with Crippen molar-refractivity contribution in [3.05, 3.63) is 107 Å². The zero-order valence-corrected chi connectivity index (χ0v) is 15.6. The summed E-state index contributed by atoms with van der Waals surface area (Å²) in [7, 11) is 0. The molecule has 0 atom stereocenters. The van der Waals surface area contributed by atoms with Crippen LogP contribution in [0.4, 0.5) is 0 Å². The Morgan fingerprint density at radius 3 is 2.11 bits per heavy atom. The fourth-order valence-electron chi connectivity index (χ4n) is 3.39. The third kappa shape index (κ3) is 3.72. The molecule has 4 rings (SSSR count). The van der Waals surface area contributed by atoms with Gasteiger partial charge >= 0.3 is 5.97 Å². The van der Waals surface area contributed by atoms with Crippen LogP contribution in [0.1, 0.15) is 27.0 Å². The molecule has 0 unspecified atom stereocenters. The quantitative estimate of drug-likeness (QED) is 0.410. The molecule has 2 nitrogen and oxygen atoms in total. The number of carboxylic acid groups (broad SMARTS) is 1. The molecule has 0 spiro atoms. The first kappa shape index (κ1) is 17.7. The number of rotatable bonds is 4. The maximum atomic E-state index is 11.2. The van der Waals surface area contributed by atoms with Gasteiger partial charge < -0.3 is 5.11 Å². The Bertz CT molecular complexity index is 1190. The molecule has 0 heterocycles. The number of carbonyl (C=O) groups is 1. The molecule has 0 amide bonds. The smallest absolute Gasteiger partial charge is 0.335 e. The maximum absolute atomic E-state index is 11.2. The molecule has 1 N–H and O–H groups in total. The van der Waals surface area contributed by atoms with Gasteiger partial charge in [0.25, 0.3) is 0 Å². The van der Waals surface area contributed by atoms with Gasteiger partial charge in [-0.3, -0.25) is 0 Å². The molecule has 0 saturated carbocycles. The molecule has 136 valence electrons. The van der Waals surface area contributed by atoms with Crippen molar-refractivity contribution < 1.29 is 9.90 Å². The lowest BCUT2D eigenvalue weighted by atomic mass is 9.97. The Kier molecular flexibility index (Phi) is 4.77. The number of hydrogen-bond acceptors (Lipinski definition) is 1. The van der Waals surface area contributed by atoms with Crippen molar-refractivity contribution >= 4 is 28.9 Å². The van der Waals surface area contributed by atoms with Gasteiger partial charge in [-0.25, -0.2) is 4.79 Å². The summed E-state index contributed by atoms with van der Waals surface area (Å²) in [6.07, 6.45) is 4.24. The van der Waals surface area contributed by atoms with Crippen molar-refractivity contribution in [1.82, 2.24) is 0 Å². The molecule has 0 aromatic heterocycles. The van der Waals surface area contributed by atoms with Crippen molar-refractivity contribution in [2.45, 2.75) is 6.92 Å². The first-order chi connectivity index (χ1) is 13.6. The van der Waals surface area contributed by atoms with Gasteiger partial charge in [0.05, 0.1) is 5.56 Å². The maximum Gasteiger partial charge on any atom is 0.335 e. The molecule has 0 aliphatic carbocycles. The molecule has 0 radical (unpaired) electrons. The average molecular weight is 364 g/mol. The highest BCUT2D eigenvalue weighted by molar-refractivity contribution is 5.92. The minimum atomic E-state index is -0.890. The Hall–Kier alpha value is -3.65. The summed E-state index contributed by atoms with van der Waals surface area (Å²) in [6.45, 7) is 1.83. The van der Waals surface area contributed by atoms with Crippen LogP contribution in [-0.4, -0.2) is 11.1 Å². The van der Waals surface area contributed by atoms with Crippen LogP contribution in [0.25, 0.3) is 34.1 Å². The van der Waals surface area contributed by atoms with Crippen LogP contribution in [0.3, 0.4) is 0 Å². The number of benzene rings is 4. The van der Waals surface area contributed by atoms with Gasteiger partial charge in [0, 0.05) is 0 Å². The number of fused-ring (bicyclic) bond motifs is 1. The van der Waals surface area contributed by atoms with E-state index in [1.165, 1.54) is 10.9 Å². The van der Waals surface area contributed by atoms with Crippen molar-refractivity contribution in [3.63, 3.8) is 0 Å². The van der Waals surface area contributed by atoms with Crippen molar-refractivity contribution in [2.75, 3.05) is 0 Å². The van der Waals surface area contributed by atoms with Gasteiger partial charge in [0.1, 0.15) is 0 Å². The Labute approximate surface area is 164 Å². The predicted molar refractivity (Wildman–Crippen MR) is 116 cm³/mol. The third-order valence-electron chi connectivity index (χ3n) is 4.92. The Morgan fingerprint density at radius 1 is 0.714 bits per heavy atom. The number of aryl methyl sites for hydroxylation is 1. The summed E-state index contributed by atoms with van der Waals surface area (Å²) in [5.74, 6) is -0.890. The van der Waals surface area contributed by atoms with E-state index in [4.69, 9.17) is 0 Å². The van der Waals surface area contributed by atoms with E-state index >= 15 is 0 Å². The fraction of sp³-hybridized carbons (Fsp3) is 0.0385. The van der Waals surface area contributed by atoms with Crippen LogP contribution in [0, 0.1) is 6.92 Å². The van der Waals surface area contributed by atoms with E-state index in [0.717, 1.165) is 27.6 Å². The van der Waals surface area contributed by atoms with Gasteiger partial charge in [-0.05, 0) is 63.7 Å². The number of hydrogen-bond donors (Lipinski definition) is 1. The molecule has 0 saturated heterocycles. The van der Waals surface area contributed by atoms with E-state index in [2.05, 4.69) is 60.7 Å². The van der Waals surface area contributed by atoms with Gasteiger partial charge in [-0.1, -0.05) is 78.9 Å². The van der Waals surface area contributed by atoms with Gasteiger partial charge in [-0.2, -0.15) is 0 Å². The van der Waals surface area contributed by atoms with E-state index in [-0.39, 0.29) is 0 Å². The first-order valence-electron chi connectivity index (χ1n) is 9.21. The van der Waals surface area contributed by atoms with Crippen LogP contribution in [0.2, 0.25) is 0 Å². The van der Waals surface area contributed by atoms with E-state index < -0.39 is 5.97 Å². The zero-order chi connectivity index (χ0) is 19.5. The lowest BCUT2D eigenvalue weighted by Gasteiger charge is -2.08. The van der Waals surface area contributed by atoms with Crippen molar-refractivity contribution in [2.24, 2.45) is 0 Å². The molecule has 0 bridgehead atoms. The average Bonchev–Trinajstić information content (AvgIpc) is 2.72. The van der Waals surface area contributed by atoms with Gasteiger partial charge in [-0.15, -0.1) is 0 Å². The molecule has 0 aliphatic heterocycles.